The largest absolute Gasteiger partial charge is 0.460 e. The van der Waals surface area contributed by atoms with Gasteiger partial charge in [-0.05, 0) is 26.2 Å². The number of ether oxygens (including phenoxy) is 1. The lowest BCUT2D eigenvalue weighted by Crippen LogP contribution is -2.12. The van der Waals surface area contributed by atoms with Crippen molar-refractivity contribution in [2.45, 2.75) is 32.3 Å². The molecule has 0 bridgehead atoms. The highest BCUT2D eigenvalue weighted by Crippen LogP contribution is 2.04. The van der Waals surface area contributed by atoms with Crippen molar-refractivity contribution in [3.05, 3.63) is 25.3 Å². The van der Waals surface area contributed by atoms with E-state index in [-0.39, 0.29) is 12.1 Å². The Hall–Kier alpha value is -1.05. The van der Waals surface area contributed by atoms with Crippen LogP contribution in [-0.2, 0) is 9.53 Å². The Balaban J connectivity index is 3.44. The van der Waals surface area contributed by atoms with Crippen LogP contribution in [0.25, 0.3) is 0 Å². The second kappa shape index (κ2) is 6.65. The molecule has 1 atom stereocenters. The summed E-state index contributed by atoms with van der Waals surface area (Å²) in [4.78, 5) is 10.7. The quantitative estimate of drug-likeness (QED) is 0.263. The number of hydrogen-bond donors (Lipinski definition) is 0. The molecule has 0 N–H and O–H groups in total. The van der Waals surface area contributed by atoms with E-state index in [1.54, 1.807) is 0 Å². The van der Waals surface area contributed by atoms with E-state index in [4.69, 9.17) is 4.74 Å². The Morgan fingerprint density at radius 3 is 2.75 bits per heavy atom. The van der Waals surface area contributed by atoms with Crippen LogP contribution in [0.5, 0.6) is 0 Å². The number of carbonyl (C=O) groups excluding carboxylic acids is 1. The van der Waals surface area contributed by atoms with Gasteiger partial charge in [0.2, 0.25) is 0 Å². The molecule has 0 aliphatic carbocycles. The van der Waals surface area contributed by atoms with Gasteiger partial charge in [-0.1, -0.05) is 12.7 Å². The highest BCUT2D eigenvalue weighted by Gasteiger charge is 2.04. The fraction of sp³-hybridized carbons (Fsp3) is 0.500. The van der Waals surface area contributed by atoms with E-state index in [1.165, 1.54) is 6.08 Å². The number of rotatable bonds is 6. The van der Waals surface area contributed by atoms with E-state index < -0.39 is 0 Å². The fourth-order valence-electron chi connectivity index (χ4n) is 0.855. The van der Waals surface area contributed by atoms with Crippen LogP contribution in [0.15, 0.2) is 25.3 Å². The van der Waals surface area contributed by atoms with Gasteiger partial charge in [-0.15, -0.1) is 6.58 Å². The molecule has 0 aromatic heterocycles. The third-order valence-corrected chi connectivity index (χ3v) is 1.50. The lowest BCUT2D eigenvalue weighted by atomic mass is 10.2. The minimum absolute atomic E-state index is 0.0181. The topological polar surface area (TPSA) is 26.3 Å². The van der Waals surface area contributed by atoms with E-state index in [1.807, 2.05) is 13.0 Å². The van der Waals surface area contributed by atoms with Crippen LogP contribution in [0.4, 0.5) is 0 Å². The van der Waals surface area contributed by atoms with Crippen molar-refractivity contribution < 1.29 is 9.53 Å². The molecule has 0 saturated carbocycles. The van der Waals surface area contributed by atoms with Crippen molar-refractivity contribution in [1.82, 2.24) is 0 Å². The summed E-state index contributed by atoms with van der Waals surface area (Å²) in [7, 11) is 0. The van der Waals surface area contributed by atoms with Crippen LogP contribution in [-0.4, -0.2) is 12.1 Å². The first-order valence-electron chi connectivity index (χ1n) is 4.14. The van der Waals surface area contributed by atoms with Crippen LogP contribution < -0.4 is 0 Å². The molecule has 0 fully saturated rings. The summed E-state index contributed by atoms with van der Waals surface area (Å²) in [6.45, 7) is 8.81. The number of unbranched alkanes of at least 4 members (excludes halogenated alkanes) is 1. The van der Waals surface area contributed by atoms with Gasteiger partial charge in [0.05, 0.1) is 6.10 Å². The van der Waals surface area contributed by atoms with Crippen molar-refractivity contribution in [2.75, 3.05) is 0 Å². The Bertz CT molecular complexity index is 161. The number of carbonyl (C=O) groups is 1. The van der Waals surface area contributed by atoms with Crippen LogP contribution in [0.1, 0.15) is 26.2 Å². The van der Waals surface area contributed by atoms with E-state index in [0.717, 1.165) is 19.3 Å². The molecule has 0 amide bonds. The number of hydrogen-bond acceptors (Lipinski definition) is 2. The maximum atomic E-state index is 10.7. The predicted octanol–water partition coefficient (Wildman–Crippen LogP) is 2.46. The molecule has 0 aromatic rings. The van der Waals surface area contributed by atoms with Crippen molar-refractivity contribution in [1.29, 1.82) is 0 Å². The Morgan fingerprint density at radius 1 is 1.58 bits per heavy atom. The second-order valence-electron chi connectivity index (χ2n) is 2.67. The van der Waals surface area contributed by atoms with E-state index in [0.29, 0.717) is 0 Å². The summed E-state index contributed by atoms with van der Waals surface area (Å²) in [5, 5.41) is 0. The highest BCUT2D eigenvalue weighted by molar-refractivity contribution is 5.81. The molecule has 0 saturated heterocycles. The molecular formula is C10H16O2. The number of esters is 1. The van der Waals surface area contributed by atoms with Gasteiger partial charge in [0.25, 0.3) is 0 Å². The minimum atomic E-state index is -0.346. The maximum absolute atomic E-state index is 10.7. The lowest BCUT2D eigenvalue weighted by molar-refractivity contribution is -0.142. The number of allylic oxidation sites excluding steroid dienone is 1. The molecular weight excluding hydrogens is 152 g/mol. The molecule has 0 aliphatic rings. The molecule has 2 heteroatoms. The van der Waals surface area contributed by atoms with Crippen LogP contribution >= 0.6 is 0 Å². The van der Waals surface area contributed by atoms with E-state index >= 15 is 0 Å². The average Bonchev–Trinajstić information content (AvgIpc) is 2.05. The lowest BCUT2D eigenvalue weighted by Gasteiger charge is -2.10. The smallest absolute Gasteiger partial charge is 0.330 e. The van der Waals surface area contributed by atoms with Crippen molar-refractivity contribution in [3.8, 4) is 0 Å². The second-order valence-corrected chi connectivity index (χ2v) is 2.67. The van der Waals surface area contributed by atoms with Crippen LogP contribution in [0, 0.1) is 0 Å². The highest BCUT2D eigenvalue weighted by atomic mass is 16.5. The summed E-state index contributed by atoms with van der Waals surface area (Å²) in [6, 6.07) is 0. The first kappa shape index (κ1) is 11.0. The molecule has 2 nitrogen and oxygen atoms in total. The molecule has 0 spiro atoms. The van der Waals surface area contributed by atoms with Gasteiger partial charge in [-0.3, -0.25) is 0 Å². The van der Waals surface area contributed by atoms with Gasteiger partial charge in [0, 0.05) is 6.08 Å². The van der Waals surface area contributed by atoms with Gasteiger partial charge in [0.1, 0.15) is 0 Å². The maximum Gasteiger partial charge on any atom is 0.330 e. The molecule has 0 aliphatic heterocycles. The standard InChI is InChI=1S/C10H16O2/c1-4-6-7-8-9(3)12-10(11)5-2/h4-5,9H,1-2,6-8H2,3H3/t9-/m0/s1. The van der Waals surface area contributed by atoms with Gasteiger partial charge >= 0.3 is 5.97 Å². The average molecular weight is 168 g/mol. The third kappa shape index (κ3) is 5.71. The normalized spacial score (nSPS) is 11.8. The monoisotopic (exact) mass is 168 g/mol. The van der Waals surface area contributed by atoms with Gasteiger partial charge in [-0.25, -0.2) is 4.79 Å². The Kier molecular flexibility index (Phi) is 6.07. The SMILES string of the molecule is C=CCCC[C@H](C)OC(=O)C=C. The van der Waals surface area contributed by atoms with Gasteiger partial charge in [-0.2, -0.15) is 0 Å². The van der Waals surface area contributed by atoms with Crippen LogP contribution in [0.3, 0.4) is 0 Å². The molecule has 0 rings (SSSR count). The summed E-state index contributed by atoms with van der Waals surface area (Å²) in [5.41, 5.74) is 0. The zero-order valence-electron chi connectivity index (χ0n) is 7.58. The summed E-state index contributed by atoms with van der Waals surface area (Å²) in [6.07, 6.45) is 5.89. The van der Waals surface area contributed by atoms with Crippen molar-refractivity contribution >= 4 is 5.97 Å². The fourth-order valence-corrected chi connectivity index (χ4v) is 0.855. The third-order valence-electron chi connectivity index (χ3n) is 1.50. The molecule has 12 heavy (non-hydrogen) atoms. The zero-order valence-corrected chi connectivity index (χ0v) is 7.58. The van der Waals surface area contributed by atoms with Crippen LogP contribution in [0.2, 0.25) is 0 Å². The molecule has 68 valence electrons. The minimum Gasteiger partial charge on any atom is -0.460 e. The molecule has 0 radical (unpaired) electrons. The van der Waals surface area contributed by atoms with E-state index in [9.17, 15) is 4.79 Å². The van der Waals surface area contributed by atoms with Crippen molar-refractivity contribution in [2.24, 2.45) is 0 Å². The Morgan fingerprint density at radius 2 is 2.25 bits per heavy atom. The first-order valence-corrected chi connectivity index (χ1v) is 4.14. The molecule has 0 unspecified atom stereocenters. The van der Waals surface area contributed by atoms with Gasteiger partial charge < -0.3 is 4.74 Å². The summed E-state index contributed by atoms with van der Waals surface area (Å²) < 4.78 is 4.95. The van der Waals surface area contributed by atoms with E-state index in [2.05, 4.69) is 13.2 Å². The summed E-state index contributed by atoms with van der Waals surface area (Å²) in [5.74, 6) is -0.346. The van der Waals surface area contributed by atoms with Crippen molar-refractivity contribution in [3.63, 3.8) is 0 Å². The predicted molar refractivity (Wildman–Crippen MR) is 49.8 cm³/mol. The van der Waals surface area contributed by atoms with Gasteiger partial charge in [0.15, 0.2) is 0 Å². The zero-order chi connectivity index (χ0) is 9.40. The Labute approximate surface area is 73.9 Å². The molecule has 0 heterocycles. The summed E-state index contributed by atoms with van der Waals surface area (Å²) >= 11 is 0. The first-order chi connectivity index (χ1) is 5.70. The molecule has 0 aromatic carbocycles.